The van der Waals surface area contributed by atoms with Crippen molar-refractivity contribution in [2.45, 2.75) is 1.88 Å². The first-order chi connectivity index (χ1) is 11.1. The molecule has 4 heteroatoms. The average Bonchev–Trinajstić information content (AvgIpc) is 2.57. The predicted octanol–water partition coefficient (Wildman–Crippen LogP) is 5.51. The molecule has 0 amide bonds. The van der Waals surface area contributed by atoms with E-state index in [1.807, 2.05) is 0 Å². The molecule has 0 N–H and O–H groups in total. The zero-order valence-electron chi connectivity index (χ0n) is 12.3. The second-order valence-electron chi connectivity index (χ2n) is 5.35. The van der Waals surface area contributed by atoms with E-state index in [2.05, 4.69) is 139 Å². The van der Waals surface area contributed by atoms with Crippen molar-refractivity contribution in [1.29, 1.82) is 0 Å². The molecule has 0 saturated heterocycles. The van der Waals surface area contributed by atoms with Crippen LogP contribution >= 0.6 is 55.1 Å². The molecule has 23 heavy (non-hydrogen) atoms. The van der Waals surface area contributed by atoms with E-state index in [-0.39, 0.29) is 0 Å². The normalized spacial score (nSPS) is 12.8. The summed E-state index contributed by atoms with van der Waals surface area (Å²) >= 11 is 11.7. The van der Waals surface area contributed by atoms with E-state index in [4.69, 9.17) is 0 Å². The molecule has 0 spiro atoms. The van der Waals surface area contributed by atoms with Crippen LogP contribution in [-0.2, 0) is 0 Å². The molecule has 0 radical (unpaired) electrons. The van der Waals surface area contributed by atoms with Gasteiger partial charge in [-0.25, -0.2) is 0 Å². The summed E-state index contributed by atoms with van der Waals surface area (Å²) in [7, 11) is -2.38. The van der Waals surface area contributed by atoms with Crippen LogP contribution < -0.4 is 15.9 Å². The standard InChI is InChI=1S/C19H16Br3P/c20-19(21,22)23(16-10-4-1-5-11-16,17-12-6-2-7-13-17)18-14-8-3-9-15-18/h1-15,23H. The second-order valence-corrected chi connectivity index (χ2v) is 18.3. The van der Waals surface area contributed by atoms with Gasteiger partial charge in [0.15, 0.2) is 0 Å². The molecular weight excluding hydrogens is 499 g/mol. The Labute approximate surface area is 163 Å². The molecule has 0 aromatic heterocycles. The Morgan fingerprint density at radius 2 is 0.739 bits per heavy atom. The fraction of sp³-hybridized carbons (Fsp3) is 0.0526. The third kappa shape index (κ3) is 3.22. The summed E-state index contributed by atoms with van der Waals surface area (Å²) in [6, 6.07) is 32.2. The first kappa shape index (κ1) is 17.4. The number of hydrogen-bond acceptors (Lipinski definition) is 0. The fourth-order valence-corrected chi connectivity index (χ4v) is 13.3. The van der Waals surface area contributed by atoms with Gasteiger partial charge in [-0.3, -0.25) is 0 Å². The minimum atomic E-state index is -2.38. The van der Waals surface area contributed by atoms with Crippen molar-refractivity contribution in [3.63, 3.8) is 0 Å². The van der Waals surface area contributed by atoms with Gasteiger partial charge < -0.3 is 0 Å². The number of halogens is 3. The zero-order chi connectivity index (χ0) is 16.3. The van der Waals surface area contributed by atoms with Gasteiger partial charge in [-0.05, 0) is 0 Å². The van der Waals surface area contributed by atoms with E-state index in [1.165, 1.54) is 15.9 Å². The van der Waals surface area contributed by atoms with Gasteiger partial charge >= 0.3 is 164 Å². The maximum absolute atomic E-state index is 3.91. The van der Waals surface area contributed by atoms with Gasteiger partial charge in [-0.15, -0.1) is 0 Å². The third-order valence-electron chi connectivity index (χ3n) is 4.05. The molecule has 3 aromatic carbocycles. The molecule has 0 atom stereocenters. The van der Waals surface area contributed by atoms with Crippen molar-refractivity contribution in [3.05, 3.63) is 91.0 Å². The summed E-state index contributed by atoms with van der Waals surface area (Å²) in [5.74, 6) is 0. The van der Waals surface area contributed by atoms with Crippen LogP contribution in [0.2, 0.25) is 0 Å². The van der Waals surface area contributed by atoms with Crippen LogP contribution in [-0.4, -0.2) is 1.88 Å². The van der Waals surface area contributed by atoms with Crippen molar-refractivity contribution in [2.24, 2.45) is 0 Å². The molecule has 118 valence electrons. The Kier molecular flexibility index (Phi) is 5.42. The van der Waals surface area contributed by atoms with Gasteiger partial charge in [0.2, 0.25) is 0 Å². The van der Waals surface area contributed by atoms with Gasteiger partial charge in [-0.1, -0.05) is 0 Å². The molecule has 0 heterocycles. The molecule has 0 aliphatic heterocycles. The minimum absolute atomic E-state index is 0.399. The molecule has 0 aliphatic rings. The summed E-state index contributed by atoms with van der Waals surface area (Å²) in [6.07, 6.45) is 0. The summed E-state index contributed by atoms with van der Waals surface area (Å²) in [6.45, 7) is 0. The first-order valence-electron chi connectivity index (χ1n) is 7.30. The van der Waals surface area contributed by atoms with E-state index in [9.17, 15) is 0 Å². The fourth-order valence-electron chi connectivity index (χ4n) is 3.06. The molecule has 0 fully saturated rings. The Bertz CT molecular complexity index is 656. The third-order valence-corrected chi connectivity index (χ3v) is 13.8. The second kappa shape index (κ2) is 7.19. The van der Waals surface area contributed by atoms with Crippen LogP contribution in [0.5, 0.6) is 0 Å². The number of rotatable bonds is 3. The van der Waals surface area contributed by atoms with Crippen LogP contribution in [0.15, 0.2) is 91.0 Å². The van der Waals surface area contributed by atoms with Crippen LogP contribution in [0.25, 0.3) is 0 Å². The van der Waals surface area contributed by atoms with Crippen molar-refractivity contribution in [1.82, 2.24) is 0 Å². The molecule has 0 saturated carbocycles. The van der Waals surface area contributed by atoms with Gasteiger partial charge in [0, 0.05) is 0 Å². The average molecular weight is 515 g/mol. The number of benzene rings is 3. The molecule has 0 bridgehead atoms. The quantitative estimate of drug-likeness (QED) is 0.319. The van der Waals surface area contributed by atoms with E-state index in [0.717, 1.165) is 0 Å². The van der Waals surface area contributed by atoms with Crippen molar-refractivity contribution < 1.29 is 0 Å². The van der Waals surface area contributed by atoms with Gasteiger partial charge in [0.05, 0.1) is 0 Å². The van der Waals surface area contributed by atoms with Crippen LogP contribution in [0.1, 0.15) is 0 Å². The van der Waals surface area contributed by atoms with Gasteiger partial charge in [0.25, 0.3) is 0 Å². The van der Waals surface area contributed by atoms with Gasteiger partial charge in [0.1, 0.15) is 0 Å². The maximum atomic E-state index is 3.91. The van der Waals surface area contributed by atoms with Crippen molar-refractivity contribution in [3.8, 4) is 0 Å². The zero-order valence-corrected chi connectivity index (χ0v) is 18.1. The summed E-state index contributed by atoms with van der Waals surface area (Å²) < 4.78 is -0.399. The predicted molar refractivity (Wildman–Crippen MR) is 116 cm³/mol. The van der Waals surface area contributed by atoms with E-state index in [0.29, 0.717) is 0 Å². The van der Waals surface area contributed by atoms with Crippen LogP contribution in [0, 0.1) is 0 Å². The molecule has 0 aliphatic carbocycles. The molecular formula is C19H16Br3P. The first-order valence-corrected chi connectivity index (χ1v) is 11.7. The SMILES string of the molecule is BrC(Br)(Br)[PH](c1ccccc1)(c1ccccc1)c1ccccc1. The molecule has 3 rings (SSSR count). The topological polar surface area (TPSA) is 0 Å². The van der Waals surface area contributed by atoms with E-state index < -0.39 is 9.15 Å². The summed E-state index contributed by atoms with van der Waals surface area (Å²) in [4.78, 5) is 0. The number of alkyl halides is 3. The summed E-state index contributed by atoms with van der Waals surface area (Å²) in [5.41, 5.74) is 0. The molecule has 3 aromatic rings. The van der Waals surface area contributed by atoms with Crippen molar-refractivity contribution in [2.75, 3.05) is 0 Å². The molecule has 0 unspecified atom stereocenters. The van der Waals surface area contributed by atoms with E-state index in [1.54, 1.807) is 0 Å². The molecule has 0 nitrogen and oxygen atoms in total. The Morgan fingerprint density at radius 1 is 0.478 bits per heavy atom. The Hall–Kier alpha value is -0.470. The number of hydrogen-bond donors (Lipinski definition) is 0. The van der Waals surface area contributed by atoms with Crippen LogP contribution in [0.3, 0.4) is 0 Å². The Balaban J connectivity index is 2.41. The monoisotopic (exact) mass is 512 g/mol. The van der Waals surface area contributed by atoms with Crippen molar-refractivity contribution >= 4 is 71.0 Å². The van der Waals surface area contributed by atoms with Gasteiger partial charge in [-0.2, -0.15) is 0 Å². The summed E-state index contributed by atoms with van der Waals surface area (Å²) in [5, 5.41) is 4.01. The van der Waals surface area contributed by atoms with E-state index >= 15 is 0 Å². The Morgan fingerprint density at radius 3 is 0.957 bits per heavy atom. The van der Waals surface area contributed by atoms with Crippen LogP contribution in [0.4, 0.5) is 0 Å².